The van der Waals surface area contributed by atoms with Gasteiger partial charge in [0.2, 0.25) is 5.88 Å². The molecule has 0 saturated carbocycles. The van der Waals surface area contributed by atoms with Crippen LogP contribution in [0, 0.1) is 11.6 Å². The van der Waals surface area contributed by atoms with Crippen molar-refractivity contribution in [1.82, 2.24) is 19.9 Å². The number of halogens is 3. The Kier molecular flexibility index (Phi) is 7.16. The quantitative estimate of drug-likeness (QED) is 0.292. The first-order valence-corrected chi connectivity index (χ1v) is 14.5. The molecular formula is C31H30F3N5O5. The van der Waals surface area contributed by atoms with Gasteiger partial charge in [0.1, 0.15) is 53.4 Å². The van der Waals surface area contributed by atoms with Crippen LogP contribution in [0.3, 0.4) is 0 Å². The van der Waals surface area contributed by atoms with E-state index in [9.17, 15) is 18.7 Å². The van der Waals surface area contributed by atoms with Gasteiger partial charge in [-0.2, -0.15) is 9.97 Å². The van der Waals surface area contributed by atoms with E-state index < -0.39 is 23.3 Å². The number of anilines is 1. The predicted octanol–water partition coefficient (Wildman–Crippen LogP) is 4.19. The molecule has 5 heterocycles. The molecule has 2 saturated heterocycles. The third kappa shape index (κ3) is 4.74. The molecule has 44 heavy (non-hydrogen) atoms. The van der Waals surface area contributed by atoms with E-state index in [0.29, 0.717) is 36.0 Å². The van der Waals surface area contributed by atoms with Crippen molar-refractivity contribution >= 4 is 34.0 Å². The van der Waals surface area contributed by atoms with Crippen molar-refractivity contribution in [3.05, 3.63) is 42.0 Å². The summed E-state index contributed by atoms with van der Waals surface area (Å²) in [6.07, 6.45) is 1.44. The van der Waals surface area contributed by atoms with Crippen LogP contribution in [0.15, 0.2) is 30.3 Å². The average Bonchev–Trinajstić information content (AvgIpc) is 3.50. The van der Waals surface area contributed by atoms with Crippen molar-refractivity contribution < 1.29 is 37.3 Å². The number of alkyl halides is 1. The summed E-state index contributed by atoms with van der Waals surface area (Å²) >= 11 is 0. The number of aliphatic hydroxyl groups excluding tert-OH is 1. The highest BCUT2D eigenvalue weighted by atomic mass is 19.1. The summed E-state index contributed by atoms with van der Waals surface area (Å²) < 4.78 is 62.8. The van der Waals surface area contributed by atoms with Crippen LogP contribution in [-0.2, 0) is 4.79 Å². The second-order valence-electron chi connectivity index (χ2n) is 11.6. The Hall–Kier alpha value is -4.23. The number of benzene rings is 2. The number of pyridine rings is 1. The van der Waals surface area contributed by atoms with Gasteiger partial charge in [0.25, 0.3) is 6.47 Å². The Balaban J connectivity index is 1.41. The maximum Gasteiger partial charge on any atom is 0.319 e. The Labute approximate surface area is 250 Å². The maximum absolute atomic E-state index is 16.7. The Morgan fingerprint density at radius 1 is 1.20 bits per heavy atom. The monoisotopic (exact) mass is 609 g/mol. The van der Waals surface area contributed by atoms with Crippen LogP contribution in [0.25, 0.3) is 32.9 Å². The Morgan fingerprint density at radius 3 is 2.89 bits per heavy atom. The molecule has 0 unspecified atom stereocenters. The fourth-order valence-corrected chi connectivity index (χ4v) is 6.86. The number of ether oxygens (including phenoxy) is 3. The van der Waals surface area contributed by atoms with Crippen molar-refractivity contribution in [1.29, 1.82) is 0 Å². The van der Waals surface area contributed by atoms with E-state index in [1.165, 1.54) is 30.3 Å². The second-order valence-corrected chi connectivity index (χ2v) is 11.6. The van der Waals surface area contributed by atoms with Crippen LogP contribution in [-0.4, -0.2) is 89.1 Å². The molecule has 3 aliphatic rings. The van der Waals surface area contributed by atoms with Gasteiger partial charge in [-0.05, 0) is 60.8 Å². The van der Waals surface area contributed by atoms with E-state index in [2.05, 4.69) is 19.9 Å². The molecule has 2 aromatic carbocycles. The van der Waals surface area contributed by atoms with Crippen LogP contribution >= 0.6 is 0 Å². The number of hydrogen-bond donors (Lipinski definition) is 1. The lowest BCUT2D eigenvalue weighted by Gasteiger charge is -2.31. The minimum atomic E-state index is -0.948. The standard InChI is InChI=1S/C31H30F3N5O5/c1-38-20(5-8-40)14-42-29-24-27(36-30(37-28(24)38)43-15-31-6-2-7-39(31)13-19(33)12-31)25(34)26(35-29)23-11-21(44-16-41)9-17-3-4-18(32)10-22(17)23/h3-4,9-11,16,19-20,40H,2,5-8,12-15H2,1H3/t19-,20+,31+/m1/s1. The SMILES string of the molecule is CN1c2nc(OC[C@@]34CCCN3C[C@H](F)C4)nc3c(F)c(-c4cc(OC=O)cc5ccc(F)cc45)nc(c23)OC[C@@H]1CCO. The molecule has 4 aromatic rings. The zero-order valence-electron chi connectivity index (χ0n) is 23.9. The number of hydrogen-bond acceptors (Lipinski definition) is 10. The van der Waals surface area contributed by atoms with Crippen LogP contribution < -0.4 is 19.1 Å². The number of rotatable bonds is 8. The number of aliphatic hydroxyl groups is 1. The van der Waals surface area contributed by atoms with Crippen molar-refractivity contribution in [3.63, 3.8) is 0 Å². The minimum absolute atomic E-state index is 0.0492. The third-order valence-corrected chi connectivity index (χ3v) is 9.03. The average molecular weight is 610 g/mol. The molecule has 7 rings (SSSR count). The Morgan fingerprint density at radius 2 is 2.07 bits per heavy atom. The predicted molar refractivity (Wildman–Crippen MR) is 155 cm³/mol. The topological polar surface area (TPSA) is 110 Å². The van der Waals surface area contributed by atoms with Crippen molar-refractivity contribution in [3.8, 4) is 28.9 Å². The van der Waals surface area contributed by atoms with Gasteiger partial charge in [-0.15, -0.1) is 0 Å². The first-order valence-electron chi connectivity index (χ1n) is 14.5. The van der Waals surface area contributed by atoms with Gasteiger partial charge in [-0.3, -0.25) is 9.69 Å². The van der Waals surface area contributed by atoms with E-state index in [4.69, 9.17) is 14.2 Å². The lowest BCUT2D eigenvalue weighted by atomic mass is 9.95. The van der Waals surface area contributed by atoms with Crippen LogP contribution in [0.4, 0.5) is 19.0 Å². The van der Waals surface area contributed by atoms with Crippen LogP contribution in [0.1, 0.15) is 25.7 Å². The summed E-state index contributed by atoms with van der Waals surface area (Å²) in [5.41, 5.74) is -0.654. The summed E-state index contributed by atoms with van der Waals surface area (Å²) in [4.78, 5) is 28.7. The zero-order valence-corrected chi connectivity index (χ0v) is 23.9. The number of nitrogens with zero attached hydrogens (tertiary/aromatic N) is 5. The van der Waals surface area contributed by atoms with Gasteiger partial charge in [0.05, 0.1) is 11.6 Å². The van der Waals surface area contributed by atoms with Gasteiger partial charge >= 0.3 is 6.01 Å². The van der Waals surface area contributed by atoms with E-state index >= 15 is 4.39 Å². The lowest BCUT2D eigenvalue weighted by Crippen LogP contribution is -2.43. The molecule has 0 bridgehead atoms. The van der Waals surface area contributed by atoms with Crippen molar-refractivity contribution in [2.24, 2.45) is 0 Å². The third-order valence-electron chi connectivity index (χ3n) is 9.03. The van der Waals surface area contributed by atoms with Gasteiger partial charge in [0.15, 0.2) is 5.82 Å². The summed E-state index contributed by atoms with van der Waals surface area (Å²) in [6, 6.07) is 6.50. The summed E-state index contributed by atoms with van der Waals surface area (Å²) in [5.74, 6) is -0.920. The molecule has 2 aromatic heterocycles. The molecule has 10 nitrogen and oxygen atoms in total. The smallest absolute Gasteiger partial charge is 0.319 e. The molecule has 0 spiro atoms. The number of carbonyl (C=O) groups excluding carboxylic acids is 1. The van der Waals surface area contributed by atoms with Gasteiger partial charge in [0, 0.05) is 32.2 Å². The first kappa shape index (κ1) is 28.5. The zero-order chi connectivity index (χ0) is 30.6. The first-order chi connectivity index (χ1) is 21.3. The molecule has 3 atom stereocenters. The van der Waals surface area contributed by atoms with Gasteiger partial charge in [-0.25, -0.2) is 18.2 Å². The summed E-state index contributed by atoms with van der Waals surface area (Å²) in [5, 5.41) is 10.8. The highest BCUT2D eigenvalue weighted by molar-refractivity contribution is 6.02. The number of fused-ring (bicyclic) bond motifs is 2. The van der Waals surface area contributed by atoms with Crippen LogP contribution in [0.2, 0.25) is 0 Å². The molecule has 13 heteroatoms. The number of carbonyl (C=O) groups is 1. The van der Waals surface area contributed by atoms with E-state index in [-0.39, 0.29) is 72.1 Å². The molecular weight excluding hydrogens is 579 g/mol. The van der Waals surface area contributed by atoms with E-state index in [0.717, 1.165) is 19.4 Å². The summed E-state index contributed by atoms with van der Waals surface area (Å²) in [7, 11) is 1.76. The maximum atomic E-state index is 16.7. The lowest BCUT2D eigenvalue weighted by molar-refractivity contribution is -0.120. The molecule has 0 amide bonds. The largest absolute Gasteiger partial charge is 0.475 e. The minimum Gasteiger partial charge on any atom is -0.475 e. The molecule has 0 aliphatic carbocycles. The molecule has 1 N–H and O–H groups in total. The van der Waals surface area contributed by atoms with Crippen LogP contribution in [0.5, 0.6) is 17.6 Å². The fourth-order valence-electron chi connectivity index (χ4n) is 6.86. The molecule has 2 fully saturated rings. The van der Waals surface area contributed by atoms with E-state index in [1.807, 2.05) is 0 Å². The second kappa shape index (κ2) is 11.0. The van der Waals surface area contributed by atoms with E-state index in [1.54, 1.807) is 11.9 Å². The molecule has 0 radical (unpaired) electrons. The highest BCUT2D eigenvalue weighted by Crippen LogP contribution is 2.44. The van der Waals surface area contributed by atoms with Crippen molar-refractivity contribution in [2.45, 2.75) is 43.4 Å². The molecule has 230 valence electrons. The normalized spacial score (nSPS) is 23.1. The highest BCUT2D eigenvalue weighted by Gasteiger charge is 2.49. The summed E-state index contributed by atoms with van der Waals surface area (Å²) in [6.45, 7) is 1.51. The fraction of sp³-hybridized carbons (Fsp3) is 0.419. The molecule has 3 aliphatic heterocycles. The van der Waals surface area contributed by atoms with Crippen molar-refractivity contribution in [2.75, 3.05) is 44.9 Å². The van der Waals surface area contributed by atoms with Gasteiger partial charge in [-0.1, -0.05) is 6.07 Å². The Bertz CT molecular complexity index is 1780. The number of aromatic nitrogens is 3. The number of likely N-dealkylation sites (N-methyl/N-ethyl adjacent to an activating group) is 1. The van der Waals surface area contributed by atoms with Gasteiger partial charge < -0.3 is 24.2 Å².